The van der Waals surface area contributed by atoms with Crippen LogP contribution in [0.3, 0.4) is 0 Å². The SMILES string of the molecule is N#CCN1CCN(Cc2ccc(C#N)cc2Cl)CC1. The lowest BCUT2D eigenvalue weighted by molar-refractivity contribution is 0.138. The van der Waals surface area contributed by atoms with Gasteiger partial charge < -0.3 is 0 Å². The van der Waals surface area contributed by atoms with Crippen LogP contribution < -0.4 is 0 Å². The van der Waals surface area contributed by atoms with Crippen molar-refractivity contribution in [2.75, 3.05) is 32.7 Å². The highest BCUT2D eigenvalue weighted by atomic mass is 35.5. The van der Waals surface area contributed by atoms with Gasteiger partial charge in [0, 0.05) is 37.7 Å². The Labute approximate surface area is 118 Å². The quantitative estimate of drug-likeness (QED) is 0.790. The van der Waals surface area contributed by atoms with Crippen LogP contribution in [0.2, 0.25) is 5.02 Å². The van der Waals surface area contributed by atoms with Crippen molar-refractivity contribution < 1.29 is 0 Å². The Morgan fingerprint density at radius 2 is 1.79 bits per heavy atom. The topological polar surface area (TPSA) is 54.1 Å². The van der Waals surface area contributed by atoms with Gasteiger partial charge >= 0.3 is 0 Å². The van der Waals surface area contributed by atoms with Gasteiger partial charge in [0.15, 0.2) is 0 Å². The summed E-state index contributed by atoms with van der Waals surface area (Å²) in [5.74, 6) is 0. The van der Waals surface area contributed by atoms with Crippen LogP contribution in [0.5, 0.6) is 0 Å². The van der Waals surface area contributed by atoms with E-state index in [-0.39, 0.29) is 0 Å². The Morgan fingerprint density at radius 3 is 2.37 bits per heavy atom. The summed E-state index contributed by atoms with van der Waals surface area (Å²) in [5.41, 5.74) is 1.64. The maximum absolute atomic E-state index is 8.80. The Morgan fingerprint density at radius 1 is 1.11 bits per heavy atom. The van der Waals surface area contributed by atoms with Gasteiger partial charge in [-0.05, 0) is 17.7 Å². The third kappa shape index (κ3) is 3.68. The number of rotatable bonds is 3. The zero-order valence-corrected chi connectivity index (χ0v) is 11.4. The average molecular weight is 275 g/mol. The van der Waals surface area contributed by atoms with Crippen LogP contribution in [0.25, 0.3) is 0 Å². The minimum Gasteiger partial charge on any atom is -0.296 e. The molecule has 0 aromatic heterocycles. The minimum absolute atomic E-state index is 0.505. The van der Waals surface area contributed by atoms with E-state index in [4.69, 9.17) is 22.1 Å². The summed E-state index contributed by atoms with van der Waals surface area (Å²) in [4.78, 5) is 4.47. The highest BCUT2D eigenvalue weighted by molar-refractivity contribution is 6.31. The Balaban J connectivity index is 1.93. The van der Waals surface area contributed by atoms with E-state index in [1.807, 2.05) is 6.07 Å². The Bertz CT molecular complexity index is 521. The highest BCUT2D eigenvalue weighted by Gasteiger charge is 2.17. The molecule has 1 saturated heterocycles. The Kier molecular flexibility index (Phi) is 4.76. The van der Waals surface area contributed by atoms with Gasteiger partial charge in [0.2, 0.25) is 0 Å². The van der Waals surface area contributed by atoms with Crippen LogP contribution in [0, 0.1) is 22.7 Å². The number of nitriles is 2. The number of halogens is 1. The van der Waals surface area contributed by atoms with Crippen LogP contribution in [0.4, 0.5) is 0 Å². The third-order valence-corrected chi connectivity index (χ3v) is 3.69. The zero-order chi connectivity index (χ0) is 13.7. The van der Waals surface area contributed by atoms with E-state index in [1.54, 1.807) is 12.1 Å². The molecule has 0 N–H and O–H groups in total. The lowest BCUT2D eigenvalue weighted by Gasteiger charge is -2.33. The van der Waals surface area contributed by atoms with Gasteiger partial charge in [-0.25, -0.2) is 0 Å². The van der Waals surface area contributed by atoms with Crippen molar-refractivity contribution in [1.82, 2.24) is 9.80 Å². The van der Waals surface area contributed by atoms with E-state index in [9.17, 15) is 0 Å². The van der Waals surface area contributed by atoms with Gasteiger partial charge in [-0.2, -0.15) is 10.5 Å². The maximum Gasteiger partial charge on any atom is 0.0992 e. The molecule has 19 heavy (non-hydrogen) atoms. The van der Waals surface area contributed by atoms with Crippen LogP contribution in [-0.4, -0.2) is 42.5 Å². The van der Waals surface area contributed by atoms with E-state index < -0.39 is 0 Å². The van der Waals surface area contributed by atoms with Crippen molar-refractivity contribution in [3.05, 3.63) is 34.3 Å². The van der Waals surface area contributed by atoms with E-state index in [1.165, 1.54) is 0 Å². The Hall–Kier alpha value is -1.59. The number of benzene rings is 1. The lowest BCUT2D eigenvalue weighted by Crippen LogP contribution is -2.45. The monoisotopic (exact) mass is 274 g/mol. The van der Waals surface area contributed by atoms with Crippen molar-refractivity contribution >= 4 is 11.6 Å². The lowest BCUT2D eigenvalue weighted by atomic mass is 10.1. The molecule has 0 bridgehead atoms. The van der Waals surface area contributed by atoms with E-state index >= 15 is 0 Å². The fraction of sp³-hybridized carbons (Fsp3) is 0.429. The molecule has 0 radical (unpaired) electrons. The zero-order valence-electron chi connectivity index (χ0n) is 10.6. The number of hydrogen-bond donors (Lipinski definition) is 0. The first-order valence-corrected chi connectivity index (χ1v) is 6.61. The standard InChI is InChI=1S/C14H15ClN4/c15-14-9-12(10-17)1-2-13(14)11-19-7-5-18(4-3-16)6-8-19/h1-2,9H,4-8,11H2. The fourth-order valence-electron chi connectivity index (χ4n) is 2.19. The molecule has 1 fully saturated rings. The normalized spacial score (nSPS) is 16.8. The number of nitrogens with zero attached hydrogens (tertiary/aromatic N) is 4. The van der Waals surface area contributed by atoms with Crippen molar-refractivity contribution in [3.8, 4) is 12.1 Å². The second-order valence-electron chi connectivity index (χ2n) is 4.63. The first-order valence-electron chi connectivity index (χ1n) is 6.23. The van der Waals surface area contributed by atoms with Crippen molar-refractivity contribution in [2.45, 2.75) is 6.54 Å². The molecular weight excluding hydrogens is 260 g/mol. The number of piperazine rings is 1. The van der Waals surface area contributed by atoms with Crippen LogP contribution >= 0.6 is 11.6 Å². The molecule has 2 rings (SSSR count). The molecule has 0 spiro atoms. The summed E-state index contributed by atoms with van der Waals surface area (Å²) in [5, 5.41) is 18.1. The van der Waals surface area contributed by atoms with Crippen molar-refractivity contribution in [3.63, 3.8) is 0 Å². The van der Waals surface area contributed by atoms with Gasteiger partial charge in [0.25, 0.3) is 0 Å². The van der Waals surface area contributed by atoms with Crippen LogP contribution in [-0.2, 0) is 6.54 Å². The maximum atomic E-state index is 8.80. The molecule has 5 heteroatoms. The molecule has 0 amide bonds. The molecule has 98 valence electrons. The van der Waals surface area contributed by atoms with Gasteiger partial charge in [-0.3, -0.25) is 9.80 Å². The molecule has 1 aliphatic heterocycles. The summed E-state index contributed by atoms with van der Waals surface area (Å²) in [6.45, 7) is 5.02. The third-order valence-electron chi connectivity index (χ3n) is 3.34. The molecule has 0 aliphatic carbocycles. The molecule has 0 atom stereocenters. The molecule has 1 aromatic carbocycles. The average Bonchev–Trinajstić information content (AvgIpc) is 2.43. The fourth-order valence-corrected chi connectivity index (χ4v) is 2.43. The van der Waals surface area contributed by atoms with Crippen LogP contribution in [0.1, 0.15) is 11.1 Å². The largest absolute Gasteiger partial charge is 0.296 e. The van der Waals surface area contributed by atoms with Crippen LogP contribution in [0.15, 0.2) is 18.2 Å². The molecule has 4 nitrogen and oxygen atoms in total. The summed E-state index contributed by atoms with van der Waals surface area (Å²) >= 11 is 6.17. The predicted molar refractivity (Wildman–Crippen MR) is 73.5 cm³/mol. The summed E-state index contributed by atoms with van der Waals surface area (Å²) in [6, 6.07) is 9.69. The molecule has 0 saturated carbocycles. The van der Waals surface area contributed by atoms with Gasteiger partial charge in [-0.1, -0.05) is 17.7 Å². The van der Waals surface area contributed by atoms with Gasteiger partial charge in [0.1, 0.15) is 0 Å². The molecule has 1 aromatic rings. The van der Waals surface area contributed by atoms with E-state index in [0.717, 1.165) is 38.3 Å². The summed E-state index contributed by atoms with van der Waals surface area (Å²) in [6.07, 6.45) is 0. The van der Waals surface area contributed by atoms with E-state index in [2.05, 4.69) is 21.9 Å². The number of hydrogen-bond acceptors (Lipinski definition) is 4. The molecule has 0 unspecified atom stereocenters. The first kappa shape index (κ1) is 13.8. The first-order chi connectivity index (χ1) is 9.22. The predicted octanol–water partition coefficient (Wildman–Crippen LogP) is 1.85. The second-order valence-corrected chi connectivity index (χ2v) is 5.04. The highest BCUT2D eigenvalue weighted by Crippen LogP contribution is 2.20. The van der Waals surface area contributed by atoms with E-state index in [0.29, 0.717) is 17.1 Å². The smallest absolute Gasteiger partial charge is 0.0992 e. The van der Waals surface area contributed by atoms with Gasteiger partial charge in [0.05, 0.1) is 24.2 Å². The summed E-state index contributed by atoms with van der Waals surface area (Å²) < 4.78 is 0. The molecule has 1 aliphatic rings. The summed E-state index contributed by atoms with van der Waals surface area (Å²) in [7, 11) is 0. The minimum atomic E-state index is 0.505. The van der Waals surface area contributed by atoms with Crippen molar-refractivity contribution in [2.24, 2.45) is 0 Å². The molecular formula is C14H15ClN4. The van der Waals surface area contributed by atoms with Crippen molar-refractivity contribution in [1.29, 1.82) is 10.5 Å². The second kappa shape index (κ2) is 6.54. The molecule has 1 heterocycles. The van der Waals surface area contributed by atoms with Gasteiger partial charge in [-0.15, -0.1) is 0 Å².